The number of hydrogen-bond donors (Lipinski definition) is 1. The van der Waals surface area contributed by atoms with Crippen LogP contribution in [0.25, 0.3) is 0 Å². The number of amides is 2. The molecule has 2 rings (SSSR count). The van der Waals surface area contributed by atoms with Crippen LogP contribution in [0.1, 0.15) is 39.0 Å². The third kappa shape index (κ3) is 4.20. The summed E-state index contributed by atoms with van der Waals surface area (Å²) in [5, 5.41) is 0. The van der Waals surface area contributed by atoms with Crippen molar-refractivity contribution in [3.05, 3.63) is 0 Å². The first-order chi connectivity index (χ1) is 9.08. The summed E-state index contributed by atoms with van der Waals surface area (Å²) in [7, 11) is 0. The lowest BCUT2D eigenvalue weighted by Gasteiger charge is -2.35. The summed E-state index contributed by atoms with van der Waals surface area (Å²) in [6, 6.07) is 0.167. The average Bonchev–Trinajstić information content (AvgIpc) is 3.22. The molecule has 5 nitrogen and oxygen atoms in total. The monoisotopic (exact) mass is 267 g/mol. The average molecular weight is 267 g/mol. The number of hydrogen-bond acceptors (Lipinski definition) is 3. The van der Waals surface area contributed by atoms with Crippen molar-refractivity contribution in [2.75, 3.05) is 26.2 Å². The van der Waals surface area contributed by atoms with Gasteiger partial charge in [-0.05, 0) is 32.6 Å². The van der Waals surface area contributed by atoms with E-state index in [0.29, 0.717) is 38.5 Å². The Labute approximate surface area is 115 Å². The fraction of sp³-hybridized carbons (Fsp3) is 0.857. The zero-order valence-corrected chi connectivity index (χ0v) is 11.8. The number of carbonyl (C=O) groups excluding carboxylic acids is 2. The van der Waals surface area contributed by atoms with Crippen molar-refractivity contribution in [2.45, 2.75) is 45.1 Å². The van der Waals surface area contributed by atoms with E-state index in [1.807, 2.05) is 16.7 Å². The third-order valence-electron chi connectivity index (χ3n) is 3.92. The van der Waals surface area contributed by atoms with E-state index < -0.39 is 0 Å². The number of nitrogens with two attached hydrogens (primary N) is 1. The molecular weight excluding hydrogens is 242 g/mol. The molecule has 1 aliphatic carbocycles. The van der Waals surface area contributed by atoms with Gasteiger partial charge >= 0.3 is 0 Å². The molecule has 19 heavy (non-hydrogen) atoms. The van der Waals surface area contributed by atoms with Gasteiger partial charge in [-0.3, -0.25) is 9.59 Å². The van der Waals surface area contributed by atoms with E-state index in [0.717, 1.165) is 25.7 Å². The SMILES string of the molecule is CC(N)CCCC(=O)N1CCN(C(=O)C2CC2)CC1. The molecule has 2 aliphatic rings. The normalized spacial score (nSPS) is 21.4. The minimum Gasteiger partial charge on any atom is -0.339 e. The summed E-state index contributed by atoms with van der Waals surface area (Å²) in [6.45, 7) is 4.75. The Hall–Kier alpha value is -1.10. The lowest BCUT2D eigenvalue weighted by molar-refractivity contribution is -0.140. The van der Waals surface area contributed by atoms with Crippen molar-refractivity contribution in [3.8, 4) is 0 Å². The highest BCUT2D eigenvalue weighted by atomic mass is 16.2. The second-order valence-electron chi connectivity index (χ2n) is 5.85. The highest BCUT2D eigenvalue weighted by Gasteiger charge is 2.34. The van der Waals surface area contributed by atoms with E-state index in [2.05, 4.69) is 0 Å². The van der Waals surface area contributed by atoms with Crippen molar-refractivity contribution in [1.29, 1.82) is 0 Å². The molecule has 108 valence electrons. The lowest BCUT2D eigenvalue weighted by atomic mass is 10.1. The molecule has 0 aromatic carbocycles. The Balaban J connectivity index is 1.67. The number of rotatable bonds is 5. The highest BCUT2D eigenvalue weighted by molar-refractivity contribution is 5.81. The summed E-state index contributed by atoms with van der Waals surface area (Å²) in [4.78, 5) is 27.7. The largest absolute Gasteiger partial charge is 0.339 e. The number of piperazine rings is 1. The summed E-state index contributed by atoms with van der Waals surface area (Å²) >= 11 is 0. The molecule has 1 saturated carbocycles. The predicted octanol–water partition coefficient (Wildman–Crippen LogP) is 0.585. The Morgan fingerprint density at radius 2 is 1.74 bits per heavy atom. The molecule has 0 aromatic rings. The standard InChI is InChI=1S/C14H25N3O2/c1-11(15)3-2-4-13(18)16-7-9-17(10-8-16)14(19)12-5-6-12/h11-12H,2-10,15H2,1H3. The van der Waals surface area contributed by atoms with Gasteiger partial charge in [0.05, 0.1) is 0 Å². The van der Waals surface area contributed by atoms with Crippen molar-refractivity contribution in [1.82, 2.24) is 9.80 Å². The maximum absolute atomic E-state index is 12.0. The van der Waals surface area contributed by atoms with Crippen LogP contribution in [0, 0.1) is 5.92 Å². The van der Waals surface area contributed by atoms with Crippen molar-refractivity contribution >= 4 is 11.8 Å². The molecule has 0 spiro atoms. The summed E-state index contributed by atoms with van der Waals surface area (Å²) in [6.07, 6.45) is 4.44. The third-order valence-corrected chi connectivity index (χ3v) is 3.92. The Kier molecular flexibility index (Phi) is 4.80. The van der Waals surface area contributed by atoms with Gasteiger partial charge in [-0.25, -0.2) is 0 Å². The molecule has 2 N–H and O–H groups in total. The molecule has 0 aromatic heterocycles. The van der Waals surface area contributed by atoms with Crippen LogP contribution in [0.3, 0.4) is 0 Å². The first-order valence-corrected chi connectivity index (χ1v) is 7.40. The second kappa shape index (κ2) is 6.37. The molecule has 1 unspecified atom stereocenters. The quantitative estimate of drug-likeness (QED) is 0.792. The lowest BCUT2D eigenvalue weighted by Crippen LogP contribution is -2.51. The number of carbonyl (C=O) groups is 2. The topological polar surface area (TPSA) is 66.6 Å². The minimum absolute atomic E-state index is 0.167. The van der Waals surface area contributed by atoms with Gasteiger partial charge in [0, 0.05) is 44.6 Å². The molecule has 0 radical (unpaired) electrons. The van der Waals surface area contributed by atoms with Crippen LogP contribution < -0.4 is 5.73 Å². The van der Waals surface area contributed by atoms with Gasteiger partial charge < -0.3 is 15.5 Å². The Morgan fingerprint density at radius 3 is 2.26 bits per heavy atom. The highest BCUT2D eigenvalue weighted by Crippen LogP contribution is 2.31. The van der Waals surface area contributed by atoms with Gasteiger partial charge in [-0.2, -0.15) is 0 Å². The molecule has 1 atom stereocenters. The molecule has 5 heteroatoms. The summed E-state index contributed by atoms with van der Waals surface area (Å²) in [5.74, 6) is 0.788. The first kappa shape index (κ1) is 14.3. The van der Waals surface area contributed by atoms with Crippen LogP contribution in [0.4, 0.5) is 0 Å². The molecule has 2 fully saturated rings. The van der Waals surface area contributed by atoms with Crippen LogP contribution in [0.15, 0.2) is 0 Å². The van der Waals surface area contributed by atoms with Crippen LogP contribution in [0.5, 0.6) is 0 Å². The molecular formula is C14H25N3O2. The van der Waals surface area contributed by atoms with Gasteiger partial charge in [0.2, 0.25) is 11.8 Å². The molecule has 2 amide bonds. The molecule has 1 saturated heterocycles. The Bertz CT molecular complexity index is 332. The van der Waals surface area contributed by atoms with E-state index in [9.17, 15) is 9.59 Å². The van der Waals surface area contributed by atoms with E-state index in [1.54, 1.807) is 0 Å². The first-order valence-electron chi connectivity index (χ1n) is 7.40. The van der Waals surface area contributed by atoms with Gasteiger partial charge in [0.25, 0.3) is 0 Å². The molecule has 0 bridgehead atoms. The van der Waals surface area contributed by atoms with Crippen LogP contribution in [-0.4, -0.2) is 53.8 Å². The van der Waals surface area contributed by atoms with Crippen LogP contribution in [-0.2, 0) is 9.59 Å². The second-order valence-corrected chi connectivity index (χ2v) is 5.85. The zero-order chi connectivity index (χ0) is 13.8. The van der Waals surface area contributed by atoms with Crippen molar-refractivity contribution in [2.24, 2.45) is 11.7 Å². The fourth-order valence-electron chi connectivity index (χ4n) is 2.50. The fourth-order valence-corrected chi connectivity index (χ4v) is 2.50. The maximum Gasteiger partial charge on any atom is 0.225 e. The van der Waals surface area contributed by atoms with Gasteiger partial charge in [-0.15, -0.1) is 0 Å². The molecule has 1 heterocycles. The van der Waals surface area contributed by atoms with Crippen molar-refractivity contribution < 1.29 is 9.59 Å². The zero-order valence-electron chi connectivity index (χ0n) is 11.8. The number of nitrogens with zero attached hydrogens (tertiary/aromatic N) is 2. The van der Waals surface area contributed by atoms with Gasteiger partial charge in [0.1, 0.15) is 0 Å². The molecule has 1 aliphatic heterocycles. The maximum atomic E-state index is 12.0. The van der Waals surface area contributed by atoms with E-state index in [1.165, 1.54) is 0 Å². The van der Waals surface area contributed by atoms with Gasteiger partial charge in [0.15, 0.2) is 0 Å². The summed E-state index contributed by atoms with van der Waals surface area (Å²) < 4.78 is 0. The van der Waals surface area contributed by atoms with Gasteiger partial charge in [-0.1, -0.05) is 0 Å². The van der Waals surface area contributed by atoms with Crippen molar-refractivity contribution in [3.63, 3.8) is 0 Å². The minimum atomic E-state index is 0.167. The summed E-state index contributed by atoms with van der Waals surface area (Å²) in [5.41, 5.74) is 5.67. The van der Waals surface area contributed by atoms with E-state index in [-0.39, 0.29) is 17.9 Å². The predicted molar refractivity (Wildman–Crippen MR) is 73.4 cm³/mol. The smallest absolute Gasteiger partial charge is 0.225 e. The van der Waals surface area contributed by atoms with E-state index >= 15 is 0 Å². The Morgan fingerprint density at radius 1 is 1.16 bits per heavy atom. The van der Waals surface area contributed by atoms with Crippen LogP contribution in [0.2, 0.25) is 0 Å². The van der Waals surface area contributed by atoms with Crippen LogP contribution >= 0.6 is 0 Å². The van der Waals surface area contributed by atoms with E-state index in [4.69, 9.17) is 5.73 Å².